The molecule has 124 valence electrons. The number of carboxylic acid groups (broad SMARTS) is 1. The molecule has 2 N–H and O–H groups in total. The van der Waals surface area contributed by atoms with Crippen LogP contribution in [0.2, 0.25) is 0 Å². The Hall–Kier alpha value is -2.24. The number of hydrogen-bond acceptors (Lipinski definition) is 3. The van der Waals surface area contributed by atoms with E-state index in [1.54, 1.807) is 11.0 Å². The first-order chi connectivity index (χ1) is 11.1. The molecular formula is C17H22N2O4. The second kappa shape index (κ2) is 6.89. The van der Waals surface area contributed by atoms with E-state index in [4.69, 9.17) is 9.84 Å². The highest BCUT2D eigenvalue weighted by atomic mass is 16.5. The summed E-state index contributed by atoms with van der Waals surface area (Å²) in [6.45, 7) is 1.52. The van der Waals surface area contributed by atoms with E-state index in [-0.39, 0.29) is 12.6 Å². The van der Waals surface area contributed by atoms with Crippen LogP contribution in [0.1, 0.15) is 25.7 Å². The normalized spacial score (nSPS) is 20.9. The Morgan fingerprint density at radius 3 is 2.78 bits per heavy atom. The third-order valence-electron chi connectivity index (χ3n) is 4.36. The number of piperidine rings is 1. The van der Waals surface area contributed by atoms with Crippen molar-refractivity contribution < 1.29 is 19.4 Å². The van der Waals surface area contributed by atoms with Gasteiger partial charge in [0.1, 0.15) is 5.75 Å². The summed E-state index contributed by atoms with van der Waals surface area (Å²) in [6.07, 6.45) is 3.75. The van der Waals surface area contributed by atoms with Crippen LogP contribution in [0.4, 0.5) is 10.5 Å². The standard InChI is InChI=1S/C17H22N2O4/c20-16(21)13-4-3-9-19(10-13)17(22)18-14-5-1-2-6-15(14)23-11-12-7-8-12/h1-2,5-6,12-13H,3-4,7-11H2,(H,18,22)(H,20,21). The van der Waals surface area contributed by atoms with Gasteiger partial charge in [0.15, 0.2) is 0 Å². The molecular weight excluding hydrogens is 296 g/mol. The van der Waals surface area contributed by atoms with Crippen LogP contribution in [0.5, 0.6) is 5.75 Å². The van der Waals surface area contributed by atoms with Gasteiger partial charge >= 0.3 is 12.0 Å². The fourth-order valence-electron chi connectivity index (χ4n) is 2.75. The molecule has 3 rings (SSSR count). The zero-order chi connectivity index (χ0) is 16.2. The van der Waals surface area contributed by atoms with Crippen molar-refractivity contribution >= 4 is 17.7 Å². The second-order valence-electron chi connectivity index (χ2n) is 6.30. The predicted molar refractivity (Wildman–Crippen MR) is 85.6 cm³/mol. The van der Waals surface area contributed by atoms with E-state index in [1.807, 2.05) is 18.2 Å². The average Bonchev–Trinajstić information content (AvgIpc) is 3.38. The highest BCUT2D eigenvalue weighted by molar-refractivity contribution is 5.91. The highest BCUT2D eigenvalue weighted by Crippen LogP contribution is 2.32. The number of anilines is 1. The summed E-state index contributed by atoms with van der Waals surface area (Å²) in [4.78, 5) is 25.1. The van der Waals surface area contributed by atoms with Gasteiger partial charge in [-0.05, 0) is 43.7 Å². The molecule has 0 aromatic heterocycles. The van der Waals surface area contributed by atoms with Gasteiger partial charge in [-0.2, -0.15) is 0 Å². The summed E-state index contributed by atoms with van der Waals surface area (Å²) in [5.74, 6) is -0.0109. The van der Waals surface area contributed by atoms with Gasteiger partial charge in [-0.3, -0.25) is 4.79 Å². The molecule has 1 atom stereocenters. The Morgan fingerprint density at radius 1 is 1.26 bits per heavy atom. The number of likely N-dealkylation sites (tertiary alicyclic amines) is 1. The molecule has 1 aliphatic heterocycles. The summed E-state index contributed by atoms with van der Waals surface area (Å²) in [6, 6.07) is 7.10. The lowest BCUT2D eigenvalue weighted by molar-refractivity contribution is -0.143. The molecule has 6 nitrogen and oxygen atoms in total. The number of aliphatic carboxylic acids is 1. The molecule has 1 saturated carbocycles. The van der Waals surface area contributed by atoms with E-state index < -0.39 is 11.9 Å². The van der Waals surface area contributed by atoms with Crippen molar-refractivity contribution in [2.24, 2.45) is 11.8 Å². The molecule has 0 radical (unpaired) electrons. The van der Waals surface area contributed by atoms with E-state index in [9.17, 15) is 9.59 Å². The summed E-state index contributed by atoms with van der Waals surface area (Å²) in [7, 11) is 0. The lowest BCUT2D eigenvalue weighted by atomic mass is 9.99. The molecule has 1 saturated heterocycles. The van der Waals surface area contributed by atoms with Crippen LogP contribution < -0.4 is 10.1 Å². The van der Waals surface area contributed by atoms with Gasteiger partial charge in [-0.1, -0.05) is 12.1 Å². The van der Waals surface area contributed by atoms with Crippen molar-refractivity contribution in [1.29, 1.82) is 0 Å². The zero-order valence-corrected chi connectivity index (χ0v) is 13.0. The van der Waals surface area contributed by atoms with Crippen molar-refractivity contribution in [3.8, 4) is 5.75 Å². The Bertz CT molecular complexity index is 586. The maximum Gasteiger partial charge on any atom is 0.321 e. The topological polar surface area (TPSA) is 78.9 Å². The molecule has 1 heterocycles. The molecule has 2 aliphatic rings. The van der Waals surface area contributed by atoms with Crippen LogP contribution in [0.25, 0.3) is 0 Å². The van der Waals surface area contributed by atoms with Crippen molar-refractivity contribution in [2.45, 2.75) is 25.7 Å². The smallest absolute Gasteiger partial charge is 0.321 e. The molecule has 1 unspecified atom stereocenters. The minimum atomic E-state index is -0.837. The molecule has 2 amide bonds. The monoisotopic (exact) mass is 318 g/mol. The zero-order valence-electron chi connectivity index (χ0n) is 13.0. The minimum Gasteiger partial charge on any atom is -0.491 e. The van der Waals surface area contributed by atoms with Gasteiger partial charge < -0.3 is 20.1 Å². The van der Waals surface area contributed by atoms with E-state index in [0.29, 0.717) is 43.3 Å². The fourth-order valence-corrected chi connectivity index (χ4v) is 2.75. The fraction of sp³-hybridized carbons (Fsp3) is 0.529. The van der Waals surface area contributed by atoms with Gasteiger partial charge in [0.2, 0.25) is 0 Å². The maximum absolute atomic E-state index is 12.4. The molecule has 23 heavy (non-hydrogen) atoms. The number of urea groups is 1. The number of carboxylic acids is 1. The number of nitrogens with zero attached hydrogens (tertiary/aromatic N) is 1. The van der Waals surface area contributed by atoms with E-state index in [1.165, 1.54) is 12.8 Å². The van der Waals surface area contributed by atoms with Crippen molar-refractivity contribution in [3.63, 3.8) is 0 Å². The van der Waals surface area contributed by atoms with Gasteiger partial charge in [0.05, 0.1) is 18.2 Å². The summed E-state index contributed by atoms with van der Waals surface area (Å²) >= 11 is 0. The van der Waals surface area contributed by atoms with Gasteiger partial charge in [-0.15, -0.1) is 0 Å². The molecule has 2 fully saturated rings. The van der Waals surface area contributed by atoms with Crippen molar-refractivity contribution in [1.82, 2.24) is 4.90 Å². The lowest BCUT2D eigenvalue weighted by Crippen LogP contribution is -2.44. The summed E-state index contributed by atoms with van der Waals surface area (Å²) < 4.78 is 5.78. The number of para-hydroxylation sites is 2. The van der Waals surface area contributed by atoms with Crippen LogP contribution >= 0.6 is 0 Å². The van der Waals surface area contributed by atoms with Gasteiger partial charge in [0, 0.05) is 13.1 Å². The maximum atomic E-state index is 12.4. The first-order valence-corrected chi connectivity index (χ1v) is 8.14. The van der Waals surface area contributed by atoms with Crippen LogP contribution in [0, 0.1) is 11.8 Å². The number of ether oxygens (including phenoxy) is 1. The SMILES string of the molecule is O=C(O)C1CCCN(C(=O)Nc2ccccc2OCC2CC2)C1. The van der Waals surface area contributed by atoms with Crippen LogP contribution in [-0.4, -0.2) is 41.7 Å². The van der Waals surface area contributed by atoms with Crippen molar-refractivity contribution in [3.05, 3.63) is 24.3 Å². The molecule has 1 aliphatic carbocycles. The van der Waals surface area contributed by atoms with Crippen LogP contribution in [0.3, 0.4) is 0 Å². The third-order valence-corrected chi connectivity index (χ3v) is 4.36. The Kier molecular flexibility index (Phi) is 4.69. The quantitative estimate of drug-likeness (QED) is 0.875. The van der Waals surface area contributed by atoms with Gasteiger partial charge in [-0.25, -0.2) is 4.79 Å². The number of nitrogens with one attached hydrogen (secondary N) is 1. The number of amides is 2. The largest absolute Gasteiger partial charge is 0.491 e. The van der Waals surface area contributed by atoms with E-state index >= 15 is 0 Å². The Balaban J connectivity index is 1.61. The van der Waals surface area contributed by atoms with E-state index in [2.05, 4.69) is 5.32 Å². The second-order valence-corrected chi connectivity index (χ2v) is 6.30. The highest BCUT2D eigenvalue weighted by Gasteiger charge is 2.28. The van der Waals surface area contributed by atoms with Crippen LogP contribution in [-0.2, 0) is 4.79 Å². The first kappa shape index (κ1) is 15.6. The molecule has 0 bridgehead atoms. The number of carbonyl (C=O) groups excluding carboxylic acids is 1. The number of rotatable bonds is 5. The van der Waals surface area contributed by atoms with Crippen molar-refractivity contribution in [2.75, 3.05) is 25.0 Å². The molecule has 6 heteroatoms. The lowest BCUT2D eigenvalue weighted by Gasteiger charge is -2.30. The summed E-state index contributed by atoms with van der Waals surface area (Å²) in [5.41, 5.74) is 0.635. The van der Waals surface area contributed by atoms with Gasteiger partial charge in [0.25, 0.3) is 0 Å². The predicted octanol–water partition coefficient (Wildman–Crippen LogP) is 2.80. The Labute approximate surface area is 135 Å². The number of benzene rings is 1. The number of hydrogen-bond donors (Lipinski definition) is 2. The number of carbonyl (C=O) groups is 2. The molecule has 1 aromatic carbocycles. The molecule has 0 spiro atoms. The Morgan fingerprint density at radius 2 is 2.04 bits per heavy atom. The third kappa shape index (κ3) is 4.15. The summed E-state index contributed by atoms with van der Waals surface area (Å²) in [5, 5.41) is 12.0. The average molecular weight is 318 g/mol. The van der Waals surface area contributed by atoms with Crippen LogP contribution in [0.15, 0.2) is 24.3 Å². The molecule has 1 aromatic rings. The minimum absolute atomic E-state index is 0.256. The van der Waals surface area contributed by atoms with E-state index in [0.717, 1.165) is 0 Å². The first-order valence-electron chi connectivity index (χ1n) is 8.14.